The molecule has 0 aliphatic carbocycles. The molecule has 0 unspecified atom stereocenters. The van der Waals surface area contributed by atoms with E-state index in [1.54, 1.807) is 19.6 Å². The fourth-order valence-corrected chi connectivity index (χ4v) is 0.587. The monoisotopic (exact) mass is 125 g/mol. The van der Waals surface area contributed by atoms with Crippen molar-refractivity contribution in [3.63, 3.8) is 0 Å². The van der Waals surface area contributed by atoms with Crippen LogP contribution in [0.4, 0.5) is 0 Å². The van der Waals surface area contributed by atoms with Crippen LogP contribution in [0.25, 0.3) is 0 Å². The Bertz CT molecular complexity index is 164. The van der Waals surface area contributed by atoms with Crippen molar-refractivity contribution in [2.75, 3.05) is 7.11 Å². The number of aromatic nitrogens is 2. The van der Waals surface area contributed by atoms with Crippen LogP contribution in [0.5, 0.6) is 0 Å². The molecule has 0 radical (unpaired) electrons. The largest absolute Gasteiger partial charge is 0.345 e. The van der Waals surface area contributed by atoms with E-state index in [2.05, 4.69) is 4.98 Å². The maximum absolute atomic E-state index is 4.85. The van der Waals surface area contributed by atoms with Gasteiger partial charge >= 0.3 is 0 Å². The van der Waals surface area contributed by atoms with Crippen molar-refractivity contribution in [2.45, 2.75) is 6.73 Å². The molecular weight excluding hydrogens is 116 g/mol. The maximum atomic E-state index is 4.85. The molecule has 0 spiro atoms. The van der Waals surface area contributed by atoms with Crippen molar-refractivity contribution in [1.29, 1.82) is 0 Å². The van der Waals surface area contributed by atoms with Crippen molar-refractivity contribution < 1.29 is 9.30 Å². The second-order valence-electron chi connectivity index (χ2n) is 1.69. The van der Waals surface area contributed by atoms with Gasteiger partial charge < -0.3 is 4.74 Å². The zero-order valence-corrected chi connectivity index (χ0v) is 5.32. The highest BCUT2D eigenvalue weighted by molar-refractivity contribution is 4.68. The minimum atomic E-state index is 0.563. The van der Waals surface area contributed by atoms with E-state index in [1.165, 1.54) is 0 Å². The average Bonchev–Trinajstić information content (AvgIpc) is 1.91. The summed E-state index contributed by atoms with van der Waals surface area (Å²) in [5.74, 6) is 0. The van der Waals surface area contributed by atoms with E-state index < -0.39 is 0 Å². The molecule has 0 fully saturated rings. The van der Waals surface area contributed by atoms with Crippen LogP contribution < -0.4 is 4.57 Å². The molecule has 0 bridgehead atoms. The highest BCUT2D eigenvalue weighted by Gasteiger charge is 1.89. The Kier molecular flexibility index (Phi) is 2.15. The SMILES string of the molecule is COC[n+]1cccnc1. The number of nitrogens with zero attached hydrogens (tertiary/aromatic N) is 2. The first-order valence-corrected chi connectivity index (χ1v) is 2.71. The van der Waals surface area contributed by atoms with Crippen LogP contribution in [0.2, 0.25) is 0 Å². The summed E-state index contributed by atoms with van der Waals surface area (Å²) in [6.07, 6.45) is 5.34. The van der Waals surface area contributed by atoms with Gasteiger partial charge in [-0.05, 0) is 0 Å². The molecule has 1 aromatic heterocycles. The van der Waals surface area contributed by atoms with Gasteiger partial charge in [0, 0.05) is 13.2 Å². The Labute approximate surface area is 53.9 Å². The summed E-state index contributed by atoms with van der Waals surface area (Å²) in [5.41, 5.74) is 0. The van der Waals surface area contributed by atoms with Gasteiger partial charge in [0.25, 0.3) is 6.33 Å². The molecule has 1 heterocycles. The van der Waals surface area contributed by atoms with Crippen molar-refractivity contribution in [3.05, 3.63) is 24.8 Å². The van der Waals surface area contributed by atoms with Gasteiger partial charge in [-0.1, -0.05) is 4.98 Å². The first kappa shape index (κ1) is 6.16. The second-order valence-corrected chi connectivity index (χ2v) is 1.69. The number of ether oxygens (including phenoxy) is 1. The molecular formula is C6H9N2O+. The quantitative estimate of drug-likeness (QED) is 0.519. The molecule has 0 aliphatic rings. The molecule has 1 rings (SSSR count). The van der Waals surface area contributed by atoms with E-state index in [1.807, 2.05) is 16.8 Å². The zero-order chi connectivity index (χ0) is 6.53. The van der Waals surface area contributed by atoms with Gasteiger partial charge in [0.1, 0.15) is 6.20 Å². The fraction of sp³-hybridized carbons (Fsp3) is 0.333. The number of hydrogen-bond donors (Lipinski definition) is 0. The first-order chi connectivity index (χ1) is 4.43. The predicted octanol–water partition coefficient (Wildman–Crippen LogP) is -0.0270. The summed E-state index contributed by atoms with van der Waals surface area (Å²) in [7, 11) is 1.65. The van der Waals surface area contributed by atoms with Crippen LogP contribution in [0.15, 0.2) is 24.8 Å². The van der Waals surface area contributed by atoms with Crippen molar-refractivity contribution in [2.24, 2.45) is 0 Å². The molecule has 1 aromatic rings. The van der Waals surface area contributed by atoms with E-state index in [0.717, 1.165) is 0 Å². The molecule has 0 saturated carbocycles. The fourth-order valence-electron chi connectivity index (χ4n) is 0.587. The Morgan fingerprint density at radius 2 is 2.56 bits per heavy atom. The maximum Gasteiger partial charge on any atom is 0.287 e. The molecule has 3 heteroatoms. The van der Waals surface area contributed by atoms with Gasteiger partial charge in [-0.2, -0.15) is 0 Å². The molecule has 3 nitrogen and oxygen atoms in total. The molecule has 0 amide bonds. The van der Waals surface area contributed by atoms with E-state index in [-0.39, 0.29) is 0 Å². The van der Waals surface area contributed by atoms with E-state index >= 15 is 0 Å². The minimum Gasteiger partial charge on any atom is -0.345 e. The van der Waals surface area contributed by atoms with Crippen LogP contribution in [0, 0.1) is 0 Å². The molecule has 0 N–H and O–H groups in total. The lowest BCUT2D eigenvalue weighted by molar-refractivity contribution is -0.733. The normalized spacial score (nSPS) is 9.44. The Hall–Kier alpha value is -0.960. The van der Waals surface area contributed by atoms with E-state index in [9.17, 15) is 0 Å². The van der Waals surface area contributed by atoms with Crippen LogP contribution in [-0.2, 0) is 11.5 Å². The summed E-state index contributed by atoms with van der Waals surface area (Å²) in [6, 6.07) is 1.86. The first-order valence-electron chi connectivity index (χ1n) is 2.71. The Morgan fingerprint density at radius 1 is 1.67 bits per heavy atom. The lowest BCUT2D eigenvalue weighted by atomic mass is 10.7. The van der Waals surface area contributed by atoms with Crippen LogP contribution in [0.3, 0.4) is 0 Å². The third kappa shape index (κ3) is 1.77. The van der Waals surface area contributed by atoms with Crippen molar-refractivity contribution in [3.8, 4) is 0 Å². The standard InChI is InChI=1S/C6H9N2O/c1-9-6-8-4-2-3-7-5-8/h2-5H,6H2,1H3/q+1. The number of hydrogen-bond acceptors (Lipinski definition) is 2. The summed E-state index contributed by atoms with van der Waals surface area (Å²) < 4.78 is 6.70. The zero-order valence-electron chi connectivity index (χ0n) is 5.32. The number of rotatable bonds is 2. The Morgan fingerprint density at radius 3 is 3.11 bits per heavy atom. The molecule has 0 aliphatic heterocycles. The van der Waals surface area contributed by atoms with Crippen molar-refractivity contribution in [1.82, 2.24) is 4.98 Å². The van der Waals surface area contributed by atoms with Crippen LogP contribution in [0.1, 0.15) is 0 Å². The predicted molar refractivity (Wildman–Crippen MR) is 31.4 cm³/mol. The molecule has 0 atom stereocenters. The highest BCUT2D eigenvalue weighted by Crippen LogP contribution is 1.70. The topological polar surface area (TPSA) is 26.0 Å². The summed E-state index contributed by atoms with van der Waals surface area (Å²) in [5, 5.41) is 0. The lowest BCUT2D eigenvalue weighted by Crippen LogP contribution is -2.33. The summed E-state index contributed by atoms with van der Waals surface area (Å²) in [6.45, 7) is 0.563. The number of methoxy groups -OCH3 is 1. The van der Waals surface area contributed by atoms with Crippen LogP contribution in [-0.4, -0.2) is 12.1 Å². The lowest BCUT2D eigenvalue weighted by Gasteiger charge is -1.92. The summed E-state index contributed by atoms with van der Waals surface area (Å²) >= 11 is 0. The van der Waals surface area contributed by atoms with Crippen LogP contribution >= 0.6 is 0 Å². The molecule has 9 heavy (non-hydrogen) atoms. The van der Waals surface area contributed by atoms with Gasteiger partial charge in [0.15, 0.2) is 6.73 Å². The van der Waals surface area contributed by atoms with E-state index in [0.29, 0.717) is 6.73 Å². The average molecular weight is 125 g/mol. The second kappa shape index (κ2) is 3.14. The molecule has 0 aromatic carbocycles. The minimum absolute atomic E-state index is 0.563. The van der Waals surface area contributed by atoms with Gasteiger partial charge in [0.2, 0.25) is 0 Å². The smallest absolute Gasteiger partial charge is 0.287 e. The van der Waals surface area contributed by atoms with Gasteiger partial charge in [-0.15, -0.1) is 0 Å². The molecule has 0 saturated heterocycles. The van der Waals surface area contributed by atoms with Gasteiger partial charge in [-0.3, -0.25) is 0 Å². The molecule has 48 valence electrons. The highest BCUT2D eigenvalue weighted by atomic mass is 16.5. The van der Waals surface area contributed by atoms with Gasteiger partial charge in [0.05, 0.1) is 6.20 Å². The van der Waals surface area contributed by atoms with Crippen molar-refractivity contribution >= 4 is 0 Å². The summed E-state index contributed by atoms with van der Waals surface area (Å²) in [4.78, 5) is 3.89. The third-order valence-electron chi connectivity index (χ3n) is 0.943. The Balaban J connectivity index is 2.61. The van der Waals surface area contributed by atoms with Gasteiger partial charge in [-0.25, -0.2) is 4.57 Å². The third-order valence-corrected chi connectivity index (χ3v) is 0.943. The van der Waals surface area contributed by atoms with E-state index in [4.69, 9.17) is 4.74 Å².